The van der Waals surface area contributed by atoms with E-state index in [0.29, 0.717) is 13.0 Å². The second kappa shape index (κ2) is 8.92. The van der Waals surface area contributed by atoms with E-state index in [1.165, 1.54) is 12.1 Å². The monoisotopic (exact) mass is 349 g/mol. The standard InChI is InChI=1S/C22H20FNO2/c23-22-10-7-17(8-11-22)12-20-9-6-19(13-21(20)15-25)14-24-26-16-18-4-2-1-3-5-18/h1-11,13-14,25H,12,15-16H2. The maximum Gasteiger partial charge on any atom is 0.142 e. The Balaban J connectivity index is 1.64. The molecular formula is C22H20FNO2. The molecule has 0 spiro atoms. The number of hydrogen-bond acceptors (Lipinski definition) is 3. The predicted molar refractivity (Wildman–Crippen MR) is 100 cm³/mol. The predicted octanol–water partition coefficient (Wildman–Crippen LogP) is 4.46. The van der Waals surface area contributed by atoms with Crippen LogP contribution in [0.1, 0.15) is 27.8 Å². The molecule has 1 N–H and O–H groups in total. The normalized spacial score (nSPS) is 11.0. The fourth-order valence-electron chi connectivity index (χ4n) is 2.65. The summed E-state index contributed by atoms with van der Waals surface area (Å²) in [6, 6.07) is 22.0. The molecule has 3 rings (SSSR count). The van der Waals surface area contributed by atoms with E-state index in [2.05, 4.69) is 5.16 Å². The van der Waals surface area contributed by atoms with Crippen molar-refractivity contribution in [2.75, 3.05) is 0 Å². The fourth-order valence-corrected chi connectivity index (χ4v) is 2.65. The Morgan fingerprint density at radius 3 is 2.38 bits per heavy atom. The van der Waals surface area contributed by atoms with Crippen molar-refractivity contribution in [3.63, 3.8) is 0 Å². The third-order valence-corrected chi connectivity index (χ3v) is 4.06. The number of halogens is 1. The lowest BCUT2D eigenvalue weighted by atomic mass is 9.98. The molecule has 0 aromatic heterocycles. The zero-order valence-electron chi connectivity index (χ0n) is 14.3. The lowest BCUT2D eigenvalue weighted by molar-refractivity contribution is 0.132. The van der Waals surface area contributed by atoms with Crippen LogP contribution in [0.15, 0.2) is 78.0 Å². The summed E-state index contributed by atoms with van der Waals surface area (Å²) in [4.78, 5) is 5.31. The van der Waals surface area contributed by atoms with Crippen LogP contribution < -0.4 is 0 Å². The van der Waals surface area contributed by atoms with Gasteiger partial charge in [0.1, 0.15) is 12.4 Å². The van der Waals surface area contributed by atoms with Gasteiger partial charge in [0.15, 0.2) is 0 Å². The summed E-state index contributed by atoms with van der Waals surface area (Å²) in [5.41, 5.74) is 4.72. The first kappa shape index (κ1) is 17.8. The Labute approximate surface area is 152 Å². The van der Waals surface area contributed by atoms with Gasteiger partial charge in [-0.25, -0.2) is 4.39 Å². The van der Waals surface area contributed by atoms with Gasteiger partial charge in [-0.05, 0) is 52.4 Å². The number of aliphatic hydroxyl groups excluding tert-OH is 1. The molecule has 3 aromatic carbocycles. The molecule has 0 fully saturated rings. The largest absolute Gasteiger partial charge is 0.392 e. The van der Waals surface area contributed by atoms with E-state index < -0.39 is 0 Å². The van der Waals surface area contributed by atoms with Crippen LogP contribution >= 0.6 is 0 Å². The molecule has 3 nitrogen and oxygen atoms in total. The van der Waals surface area contributed by atoms with Crippen LogP contribution in [0.2, 0.25) is 0 Å². The van der Waals surface area contributed by atoms with Crippen molar-refractivity contribution in [3.05, 3.63) is 106 Å². The highest BCUT2D eigenvalue weighted by Gasteiger charge is 2.05. The SMILES string of the molecule is OCc1cc(C=NOCc2ccccc2)ccc1Cc1ccc(F)cc1. The highest BCUT2D eigenvalue weighted by molar-refractivity contribution is 5.79. The summed E-state index contributed by atoms with van der Waals surface area (Å²) >= 11 is 0. The third kappa shape index (κ3) is 5.01. The summed E-state index contributed by atoms with van der Waals surface area (Å²) in [5, 5.41) is 13.6. The Bertz CT molecular complexity index is 861. The molecule has 0 saturated heterocycles. The van der Waals surface area contributed by atoms with E-state index >= 15 is 0 Å². The van der Waals surface area contributed by atoms with Crippen molar-refractivity contribution >= 4 is 6.21 Å². The number of nitrogens with zero attached hydrogens (tertiary/aromatic N) is 1. The van der Waals surface area contributed by atoms with Gasteiger partial charge in [-0.3, -0.25) is 0 Å². The smallest absolute Gasteiger partial charge is 0.142 e. The van der Waals surface area contributed by atoms with E-state index in [1.807, 2.05) is 48.5 Å². The first-order valence-corrected chi connectivity index (χ1v) is 8.41. The number of rotatable bonds is 7. The van der Waals surface area contributed by atoms with Crippen LogP contribution in [0.5, 0.6) is 0 Å². The van der Waals surface area contributed by atoms with Crippen LogP contribution in [-0.4, -0.2) is 11.3 Å². The van der Waals surface area contributed by atoms with Crippen LogP contribution in [-0.2, 0) is 24.5 Å². The first-order valence-electron chi connectivity index (χ1n) is 8.41. The van der Waals surface area contributed by atoms with E-state index in [9.17, 15) is 9.50 Å². The number of benzene rings is 3. The van der Waals surface area contributed by atoms with Crippen LogP contribution in [0, 0.1) is 5.82 Å². The maximum absolute atomic E-state index is 13.0. The van der Waals surface area contributed by atoms with E-state index in [4.69, 9.17) is 4.84 Å². The van der Waals surface area contributed by atoms with Gasteiger partial charge in [0.25, 0.3) is 0 Å². The summed E-state index contributed by atoms with van der Waals surface area (Å²) in [6.45, 7) is 0.343. The molecule has 0 heterocycles. The van der Waals surface area contributed by atoms with E-state index in [1.54, 1.807) is 18.3 Å². The molecular weight excluding hydrogens is 329 g/mol. The van der Waals surface area contributed by atoms with Gasteiger partial charge < -0.3 is 9.94 Å². The Morgan fingerprint density at radius 1 is 0.885 bits per heavy atom. The quantitative estimate of drug-likeness (QED) is 0.505. The molecule has 0 saturated carbocycles. The molecule has 4 heteroatoms. The Morgan fingerprint density at radius 2 is 1.65 bits per heavy atom. The summed E-state index contributed by atoms with van der Waals surface area (Å²) in [6.07, 6.45) is 2.27. The summed E-state index contributed by atoms with van der Waals surface area (Å²) in [7, 11) is 0. The minimum atomic E-state index is -0.252. The van der Waals surface area contributed by atoms with Gasteiger partial charge in [-0.15, -0.1) is 0 Å². The molecule has 0 amide bonds. The molecule has 0 atom stereocenters. The molecule has 132 valence electrons. The second-order valence-corrected chi connectivity index (χ2v) is 5.98. The molecule has 0 aliphatic heterocycles. The van der Waals surface area contributed by atoms with Crippen molar-refractivity contribution in [1.82, 2.24) is 0 Å². The van der Waals surface area contributed by atoms with E-state index in [0.717, 1.165) is 27.8 Å². The minimum Gasteiger partial charge on any atom is -0.392 e. The van der Waals surface area contributed by atoms with Crippen molar-refractivity contribution in [2.24, 2.45) is 5.16 Å². The van der Waals surface area contributed by atoms with Gasteiger partial charge in [0.2, 0.25) is 0 Å². The number of oxime groups is 1. The van der Waals surface area contributed by atoms with Gasteiger partial charge >= 0.3 is 0 Å². The zero-order chi connectivity index (χ0) is 18.2. The van der Waals surface area contributed by atoms with Crippen LogP contribution in [0.4, 0.5) is 4.39 Å². The van der Waals surface area contributed by atoms with Crippen molar-refractivity contribution in [1.29, 1.82) is 0 Å². The summed E-state index contributed by atoms with van der Waals surface area (Å²) < 4.78 is 13.0. The Hall–Kier alpha value is -2.98. The number of aliphatic hydroxyl groups is 1. The third-order valence-electron chi connectivity index (χ3n) is 4.06. The lowest BCUT2D eigenvalue weighted by Crippen LogP contribution is -1.98. The first-order chi connectivity index (χ1) is 12.7. The van der Waals surface area contributed by atoms with Crippen molar-refractivity contribution in [2.45, 2.75) is 19.6 Å². The molecule has 0 radical (unpaired) electrons. The van der Waals surface area contributed by atoms with Gasteiger partial charge in [0, 0.05) is 0 Å². The molecule has 0 aliphatic carbocycles. The fraction of sp³-hybridized carbons (Fsp3) is 0.136. The second-order valence-electron chi connectivity index (χ2n) is 5.98. The van der Waals surface area contributed by atoms with Crippen molar-refractivity contribution in [3.8, 4) is 0 Å². The molecule has 0 aliphatic rings. The van der Waals surface area contributed by atoms with Gasteiger partial charge in [-0.2, -0.15) is 0 Å². The van der Waals surface area contributed by atoms with Gasteiger partial charge in [-0.1, -0.05) is 59.8 Å². The van der Waals surface area contributed by atoms with Gasteiger partial charge in [0.05, 0.1) is 12.8 Å². The topological polar surface area (TPSA) is 41.8 Å². The highest BCUT2D eigenvalue weighted by atomic mass is 19.1. The zero-order valence-corrected chi connectivity index (χ0v) is 14.3. The Kier molecular flexibility index (Phi) is 6.12. The molecule has 26 heavy (non-hydrogen) atoms. The van der Waals surface area contributed by atoms with Crippen molar-refractivity contribution < 1.29 is 14.3 Å². The lowest BCUT2D eigenvalue weighted by Gasteiger charge is -2.09. The van der Waals surface area contributed by atoms with Crippen LogP contribution in [0.25, 0.3) is 0 Å². The highest BCUT2D eigenvalue weighted by Crippen LogP contribution is 2.17. The average molecular weight is 349 g/mol. The molecule has 3 aromatic rings. The van der Waals surface area contributed by atoms with E-state index in [-0.39, 0.29) is 12.4 Å². The number of hydrogen-bond donors (Lipinski definition) is 1. The average Bonchev–Trinajstić information content (AvgIpc) is 2.68. The molecule has 0 unspecified atom stereocenters. The molecule has 0 bridgehead atoms. The minimum absolute atomic E-state index is 0.0664. The summed E-state index contributed by atoms with van der Waals surface area (Å²) in [5.74, 6) is -0.252. The van der Waals surface area contributed by atoms with Crippen LogP contribution in [0.3, 0.4) is 0 Å². The maximum atomic E-state index is 13.0.